The van der Waals surface area contributed by atoms with E-state index in [4.69, 9.17) is 0 Å². The fraction of sp³-hybridized carbons (Fsp3) is 0. The average molecular weight is 272 g/mol. The van der Waals surface area contributed by atoms with Gasteiger partial charge in [0.1, 0.15) is 11.6 Å². The van der Waals surface area contributed by atoms with Crippen LogP contribution in [0.2, 0.25) is 0 Å². The van der Waals surface area contributed by atoms with Gasteiger partial charge in [-0.15, -0.1) is 11.3 Å². The number of hydrogen-bond donors (Lipinski definition) is 0. The lowest BCUT2D eigenvalue weighted by Crippen LogP contribution is -1.86. The maximum Gasteiger partial charge on any atom is 0.131 e. The number of hydrogen-bond acceptors (Lipinski definition) is 1. The van der Waals surface area contributed by atoms with Gasteiger partial charge in [0.25, 0.3) is 0 Å². The quantitative estimate of drug-likeness (QED) is 0.589. The first kappa shape index (κ1) is 12.1. The first-order chi connectivity index (χ1) is 9.27. The summed E-state index contributed by atoms with van der Waals surface area (Å²) in [5, 5.41) is 1.85. The van der Waals surface area contributed by atoms with Gasteiger partial charge < -0.3 is 0 Å². The van der Waals surface area contributed by atoms with Crippen molar-refractivity contribution in [2.45, 2.75) is 0 Å². The van der Waals surface area contributed by atoms with Crippen molar-refractivity contribution in [3.05, 3.63) is 71.6 Å². The highest BCUT2D eigenvalue weighted by molar-refractivity contribution is 7.14. The maximum atomic E-state index is 13.9. The summed E-state index contributed by atoms with van der Waals surface area (Å²) in [5.74, 6) is -0.582. The molecule has 0 radical (unpaired) electrons. The third kappa shape index (κ3) is 2.17. The van der Waals surface area contributed by atoms with Crippen LogP contribution in [0.25, 0.3) is 21.6 Å². The van der Waals surface area contributed by atoms with Crippen LogP contribution < -0.4 is 0 Å². The SMILES string of the molecule is Fc1ccccc1-c1ccsc1-c1ccccc1F. The number of halogens is 2. The van der Waals surface area contributed by atoms with Crippen LogP contribution in [-0.2, 0) is 0 Å². The summed E-state index contributed by atoms with van der Waals surface area (Å²) < 4.78 is 27.7. The Balaban J connectivity index is 2.20. The molecule has 0 amide bonds. The van der Waals surface area contributed by atoms with Crippen molar-refractivity contribution in [3.8, 4) is 21.6 Å². The van der Waals surface area contributed by atoms with Gasteiger partial charge in [-0.25, -0.2) is 8.78 Å². The first-order valence-corrected chi connectivity index (χ1v) is 6.72. The standard InChI is InChI=1S/C16H10F2S/c17-14-7-3-1-5-11(14)12-9-10-19-16(12)13-6-2-4-8-15(13)18/h1-10H. The van der Waals surface area contributed by atoms with Gasteiger partial charge in [0.15, 0.2) is 0 Å². The van der Waals surface area contributed by atoms with Crippen LogP contribution in [0.4, 0.5) is 8.78 Å². The molecule has 94 valence electrons. The van der Waals surface area contributed by atoms with E-state index in [0.717, 1.165) is 10.4 Å². The molecule has 0 aliphatic carbocycles. The summed E-state index contributed by atoms with van der Waals surface area (Å²) in [7, 11) is 0. The Bertz CT molecular complexity index is 656. The van der Waals surface area contributed by atoms with Crippen LogP contribution >= 0.6 is 11.3 Å². The van der Waals surface area contributed by atoms with E-state index in [1.54, 1.807) is 36.4 Å². The van der Waals surface area contributed by atoms with Gasteiger partial charge in [0, 0.05) is 21.6 Å². The average Bonchev–Trinajstić information content (AvgIpc) is 2.89. The molecule has 0 N–H and O–H groups in total. The van der Waals surface area contributed by atoms with E-state index in [-0.39, 0.29) is 11.6 Å². The van der Waals surface area contributed by atoms with E-state index in [9.17, 15) is 8.78 Å². The molecular weight excluding hydrogens is 262 g/mol. The number of rotatable bonds is 2. The van der Waals surface area contributed by atoms with E-state index in [0.29, 0.717) is 11.1 Å². The Hall–Kier alpha value is -2.00. The molecule has 0 saturated heterocycles. The van der Waals surface area contributed by atoms with Gasteiger partial charge in [0.05, 0.1) is 0 Å². The molecule has 0 aliphatic rings. The van der Waals surface area contributed by atoms with Crippen molar-refractivity contribution in [2.75, 3.05) is 0 Å². The summed E-state index contributed by atoms with van der Waals surface area (Å²) in [6.07, 6.45) is 0. The van der Waals surface area contributed by atoms with Crippen molar-refractivity contribution in [2.24, 2.45) is 0 Å². The van der Waals surface area contributed by atoms with Gasteiger partial charge in [-0.05, 0) is 23.6 Å². The monoisotopic (exact) mass is 272 g/mol. The Kier molecular flexibility index (Phi) is 3.13. The predicted octanol–water partition coefficient (Wildman–Crippen LogP) is 5.36. The molecule has 0 spiro atoms. The van der Waals surface area contributed by atoms with Gasteiger partial charge in [0.2, 0.25) is 0 Å². The lowest BCUT2D eigenvalue weighted by molar-refractivity contribution is 0.629. The van der Waals surface area contributed by atoms with Gasteiger partial charge in [-0.1, -0.05) is 36.4 Å². The Labute approximate surface area is 114 Å². The molecule has 0 fully saturated rings. The molecule has 1 aromatic heterocycles. The van der Waals surface area contributed by atoms with E-state index >= 15 is 0 Å². The van der Waals surface area contributed by atoms with Gasteiger partial charge in [-0.2, -0.15) is 0 Å². The Morgan fingerprint density at radius 3 is 1.84 bits per heavy atom. The van der Waals surface area contributed by atoms with Gasteiger partial charge >= 0.3 is 0 Å². The molecule has 0 atom stereocenters. The van der Waals surface area contributed by atoms with Crippen molar-refractivity contribution < 1.29 is 8.78 Å². The molecule has 0 bridgehead atoms. The minimum Gasteiger partial charge on any atom is -0.206 e. The Morgan fingerprint density at radius 1 is 0.632 bits per heavy atom. The second kappa shape index (κ2) is 4.94. The zero-order valence-electron chi connectivity index (χ0n) is 9.94. The van der Waals surface area contributed by atoms with E-state index in [2.05, 4.69) is 0 Å². The Morgan fingerprint density at radius 2 is 1.21 bits per heavy atom. The highest BCUT2D eigenvalue weighted by Gasteiger charge is 2.14. The predicted molar refractivity (Wildman–Crippen MR) is 75.1 cm³/mol. The fourth-order valence-electron chi connectivity index (χ4n) is 2.05. The molecule has 1 heterocycles. The summed E-state index contributed by atoms with van der Waals surface area (Å²) in [5.41, 5.74) is 1.74. The van der Waals surface area contributed by atoms with Crippen LogP contribution in [-0.4, -0.2) is 0 Å². The van der Waals surface area contributed by atoms with Crippen molar-refractivity contribution >= 4 is 11.3 Å². The molecule has 3 aromatic rings. The third-order valence-corrected chi connectivity index (χ3v) is 3.90. The molecule has 3 heteroatoms. The molecule has 0 aliphatic heterocycles. The van der Waals surface area contributed by atoms with E-state index in [1.165, 1.54) is 23.5 Å². The maximum absolute atomic E-state index is 13.9. The van der Waals surface area contributed by atoms with Crippen LogP contribution in [0.15, 0.2) is 60.0 Å². The number of benzene rings is 2. The molecular formula is C16H10F2S. The lowest BCUT2D eigenvalue weighted by Gasteiger charge is -2.06. The fourth-order valence-corrected chi connectivity index (χ4v) is 2.99. The zero-order chi connectivity index (χ0) is 13.2. The van der Waals surface area contributed by atoms with Crippen LogP contribution in [0.5, 0.6) is 0 Å². The van der Waals surface area contributed by atoms with E-state index in [1.807, 2.05) is 11.4 Å². The molecule has 0 unspecified atom stereocenters. The van der Waals surface area contributed by atoms with Crippen LogP contribution in [0, 0.1) is 11.6 Å². The zero-order valence-corrected chi connectivity index (χ0v) is 10.8. The molecule has 0 saturated carbocycles. The summed E-state index contributed by atoms with van der Waals surface area (Å²) in [6, 6.07) is 14.9. The molecule has 0 nitrogen and oxygen atoms in total. The molecule has 3 rings (SSSR count). The smallest absolute Gasteiger partial charge is 0.131 e. The molecule has 2 aromatic carbocycles. The van der Waals surface area contributed by atoms with Gasteiger partial charge in [-0.3, -0.25) is 0 Å². The minimum absolute atomic E-state index is 0.289. The topological polar surface area (TPSA) is 0 Å². The highest BCUT2D eigenvalue weighted by Crippen LogP contribution is 2.38. The number of thiophene rings is 1. The van der Waals surface area contributed by atoms with Crippen LogP contribution in [0.1, 0.15) is 0 Å². The lowest BCUT2D eigenvalue weighted by atomic mass is 10.0. The largest absolute Gasteiger partial charge is 0.206 e. The van der Waals surface area contributed by atoms with Crippen LogP contribution in [0.3, 0.4) is 0 Å². The molecule has 19 heavy (non-hydrogen) atoms. The van der Waals surface area contributed by atoms with E-state index < -0.39 is 0 Å². The second-order valence-electron chi connectivity index (χ2n) is 4.12. The summed E-state index contributed by atoms with van der Waals surface area (Å²) in [6.45, 7) is 0. The first-order valence-electron chi connectivity index (χ1n) is 5.84. The normalized spacial score (nSPS) is 10.6. The third-order valence-electron chi connectivity index (χ3n) is 2.95. The van der Waals surface area contributed by atoms with Crippen molar-refractivity contribution in [1.29, 1.82) is 0 Å². The van der Waals surface area contributed by atoms with Crippen molar-refractivity contribution in [3.63, 3.8) is 0 Å². The summed E-state index contributed by atoms with van der Waals surface area (Å²) in [4.78, 5) is 0.753. The minimum atomic E-state index is -0.293. The summed E-state index contributed by atoms with van der Waals surface area (Å²) >= 11 is 1.41. The van der Waals surface area contributed by atoms with Crippen molar-refractivity contribution in [1.82, 2.24) is 0 Å². The second-order valence-corrected chi connectivity index (χ2v) is 5.04. The highest BCUT2D eigenvalue weighted by atomic mass is 32.1.